The molecular weight excluding hydrogens is 236 g/mol. The van der Waals surface area contributed by atoms with Crippen LogP contribution in [0.2, 0.25) is 0 Å². The fourth-order valence-electron chi connectivity index (χ4n) is 3.12. The van der Waals surface area contributed by atoms with Crippen LogP contribution in [0.25, 0.3) is 0 Å². The minimum atomic E-state index is 0.663. The van der Waals surface area contributed by atoms with E-state index in [4.69, 9.17) is 4.74 Å². The molecule has 1 saturated heterocycles. The Kier molecular flexibility index (Phi) is 4.49. The lowest BCUT2D eigenvalue weighted by Gasteiger charge is -2.29. The largest absolute Gasteiger partial charge is 0.379 e. The van der Waals surface area contributed by atoms with E-state index in [0.29, 0.717) is 6.04 Å². The molecule has 19 heavy (non-hydrogen) atoms. The normalized spacial score (nSPS) is 24.1. The number of rotatable bonds is 4. The number of nitrogens with zero attached hydrogens (tertiary/aromatic N) is 1. The maximum Gasteiger partial charge on any atom is 0.0594 e. The number of fused-ring (bicyclic) bond motifs is 1. The van der Waals surface area contributed by atoms with Crippen molar-refractivity contribution in [2.75, 3.05) is 39.4 Å². The van der Waals surface area contributed by atoms with E-state index in [9.17, 15) is 0 Å². The van der Waals surface area contributed by atoms with Gasteiger partial charge >= 0.3 is 0 Å². The highest BCUT2D eigenvalue weighted by Crippen LogP contribution is 2.20. The van der Waals surface area contributed by atoms with E-state index in [1.807, 2.05) is 0 Å². The Hall–Kier alpha value is -0.900. The molecule has 1 aromatic carbocycles. The molecule has 0 spiro atoms. The topological polar surface area (TPSA) is 24.5 Å². The fraction of sp³-hybridized carbons (Fsp3) is 0.625. The maximum absolute atomic E-state index is 5.37. The Balaban J connectivity index is 1.42. The summed E-state index contributed by atoms with van der Waals surface area (Å²) >= 11 is 0. The Labute approximate surface area is 115 Å². The van der Waals surface area contributed by atoms with Crippen molar-refractivity contribution >= 4 is 0 Å². The fourth-order valence-corrected chi connectivity index (χ4v) is 3.12. The molecule has 1 aliphatic heterocycles. The highest BCUT2D eigenvalue weighted by atomic mass is 16.5. The third-order valence-electron chi connectivity index (χ3n) is 4.31. The minimum Gasteiger partial charge on any atom is -0.379 e. The lowest BCUT2D eigenvalue weighted by atomic mass is 9.88. The van der Waals surface area contributed by atoms with Gasteiger partial charge in [-0.3, -0.25) is 4.90 Å². The Morgan fingerprint density at radius 1 is 1.16 bits per heavy atom. The highest BCUT2D eigenvalue weighted by molar-refractivity contribution is 5.30. The van der Waals surface area contributed by atoms with Gasteiger partial charge in [0.15, 0.2) is 0 Å². The molecule has 1 heterocycles. The predicted molar refractivity (Wildman–Crippen MR) is 77.5 cm³/mol. The first-order valence-electron chi connectivity index (χ1n) is 7.52. The van der Waals surface area contributed by atoms with E-state index >= 15 is 0 Å². The summed E-state index contributed by atoms with van der Waals surface area (Å²) in [7, 11) is 0. The standard InChI is InChI=1S/C16H24N2O/c1-2-4-15-13-16(6-5-14(15)3-1)17-7-8-18-9-11-19-12-10-18/h1-4,16-17H,5-13H2/t16-/m1/s1. The molecule has 0 unspecified atom stereocenters. The second-order valence-corrected chi connectivity index (χ2v) is 5.62. The first-order chi connectivity index (χ1) is 9.42. The first-order valence-corrected chi connectivity index (χ1v) is 7.52. The smallest absolute Gasteiger partial charge is 0.0594 e. The third kappa shape index (κ3) is 3.56. The molecule has 1 aliphatic carbocycles. The van der Waals surface area contributed by atoms with E-state index in [1.54, 1.807) is 5.56 Å². The van der Waals surface area contributed by atoms with Gasteiger partial charge in [-0.05, 0) is 30.4 Å². The van der Waals surface area contributed by atoms with Crippen LogP contribution in [0, 0.1) is 0 Å². The van der Waals surface area contributed by atoms with Crippen LogP contribution in [0.3, 0.4) is 0 Å². The summed E-state index contributed by atoms with van der Waals surface area (Å²) < 4.78 is 5.37. The van der Waals surface area contributed by atoms with Gasteiger partial charge < -0.3 is 10.1 Å². The molecule has 1 fully saturated rings. The molecule has 0 aromatic heterocycles. The van der Waals surface area contributed by atoms with Crippen molar-refractivity contribution in [2.45, 2.75) is 25.3 Å². The SMILES string of the molecule is c1ccc2c(c1)CC[C@@H](NCCN1CCOCC1)C2. The molecule has 0 bridgehead atoms. The predicted octanol–water partition coefficient (Wildman–Crippen LogP) is 1.47. The third-order valence-corrected chi connectivity index (χ3v) is 4.31. The zero-order valence-corrected chi connectivity index (χ0v) is 11.6. The van der Waals surface area contributed by atoms with Gasteiger partial charge in [-0.25, -0.2) is 0 Å². The number of aryl methyl sites for hydroxylation is 1. The average Bonchev–Trinajstić information content (AvgIpc) is 2.48. The van der Waals surface area contributed by atoms with Gasteiger partial charge in [0, 0.05) is 32.2 Å². The zero-order valence-electron chi connectivity index (χ0n) is 11.6. The van der Waals surface area contributed by atoms with Gasteiger partial charge in [0.05, 0.1) is 13.2 Å². The molecule has 1 N–H and O–H groups in total. The van der Waals surface area contributed by atoms with Crippen LogP contribution in [0.5, 0.6) is 0 Å². The average molecular weight is 260 g/mol. The second-order valence-electron chi connectivity index (χ2n) is 5.62. The minimum absolute atomic E-state index is 0.663. The molecule has 104 valence electrons. The molecule has 3 heteroatoms. The van der Waals surface area contributed by atoms with Crippen LogP contribution in [0.15, 0.2) is 24.3 Å². The molecule has 3 rings (SSSR count). The Bertz CT molecular complexity index is 401. The van der Waals surface area contributed by atoms with Gasteiger partial charge in [0.25, 0.3) is 0 Å². The van der Waals surface area contributed by atoms with Crippen molar-refractivity contribution in [3.05, 3.63) is 35.4 Å². The quantitative estimate of drug-likeness (QED) is 0.887. The van der Waals surface area contributed by atoms with E-state index < -0.39 is 0 Å². The van der Waals surface area contributed by atoms with Crippen molar-refractivity contribution in [3.8, 4) is 0 Å². The molecule has 2 aliphatic rings. The van der Waals surface area contributed by atoms with Crippen molar-refractivity contribution in [3.63, 3.8) is 0 Å². The number of benzene rings is 1. The van der Waals surface area contributed by atoms with Crippen molar-refractivity contribution in [2.24, 2.45) is 0 Å². The summed E-state index contributed by atoms with van der Waals surface area (Å²) in [6.07, 6.45) is 3.70. The Morgan fingerprint density at radius 2 is 1.95 bits per heavy atom. The van der Waals surface area contributed by atoms with Gasteiger partial charge in [0.1, 0.15) is 0 Å². The van der Waals surface area contributed by atoms with Gasteiger partial charge in [-0.15, -0.1) is 0 Å². The van der Waals surface area contributed by atoms with Gasteiger partial charge in [-0.1, -0.05) is 24.3 Å². The van der Waals surface area contributed by atoms with E-state index in [-0.39, 0.29) is 0 Å². The summed E-state index contributed by atoms with van der Waals surface area (Å²) in [5, 5.41) is 3.73. The summed E-state index contributed by atoms with van der Waals surface area (Å²) in [6.45, 7) is 6.24. The number of nitrogens with one attached hydrogen (secondary N) is 1. The summed E-state index contributed by atoms with van der Waals surface area (Å²) in [5.74, 6) is 0. The zero-order chi connectivity index (χ0) is 12.9. The lowest BCUT2D eigenvalue weighted by molar-refractivity contribution is 0.0381. The monoisotopic (exact) mass is 260 g/mol. The van der Waals surface area contributed by atoms with Crippen LogP contribution in [-0.4, -0.2) is 50.3 Å². The number of hydrogen-bond donors (Lipinski definition) is 1. The summed E-state index contributed by atoms with van der Waals surface area (Å²) in [6, 6.07) is 9.54. The van der Waals surface area contributed by atoms with Crippen molar-refractivity contribution in [1.82, 2.24) is 10.2 Å². The highest BCUT2D eigenvalue weighted by Gasteiger charge is 2.18. The van der Waals surface area contributed by atoms with Crippen LogP contribution in [-0.2, 0) is 17.6 Å². The molecule has 0 amide bonds. The summed E-state index contributed by atoms with van der Waals surface area (Å²) in [5.41, 5.74) is 3.09. The summed E-state index contributed by atoms with van der Waals surface area (Å²) in [4.78, 5) is 2.49. The van der Waals surface area contributed by atoms with Crippen LogP contribution >= 0.6 is 0 Å². The second kappa shape index (κ2) is 6.51. The maximum atomic E-state index is 5.37. The molecular formula is C16H24N2O. The van der Waals surface area contributed by atoms with Gasteiger partial charge in [-0.2, -0.15) is 0 Å². The lowest BCUT2D eigenvalue weighted by Crippen LogP contribution is -2.43. The molecule has 0 saturated carbocycles. The van der Waals surface area contributed by atoms with Crippen molar-refractivity contribution in [1.29, 1.82) is 0 Å². The van der Waals surface area contributed by atoms with Gasteiger partial charge in [0.2, 0.25) is 0 Å². The van der Waals surface area contributed by atoms with Crippen molar-refractivity contribution < 1.29 is 4.74 Å². The van der Waals surface area contributed by atoms with E-state index in [1.165, 1.54) is 24.8 Å². The number of hydrogen-bond acceptors (Lipinski definition) is 3. The van der Waals surface area contributed by atoms with Crippen LogP contribution < -0.4 is 5.32 Å². The molecule has 1 aromatic rings. The van der Waals surface area contributed by atoms with Crippen LogP contribution in [0.1, 0.15) is 17.5 Å². The van der Waals surface area contributed by atoms with Crippen LogP contribution in [0.4, 0.5) is 0 Å². The first kappa shape index (κ1) is 13.1. The Morgan fingerprint density at radius 3 is 2.79 bits per heavy atom. The molecule has 0 radical (unpaired) electrons. The molecule has 1 atom stereocenters. The van der Waals surface area contributed by atoms with E-state index in [2.05, 4.69) is 34.5 Å². The number of ether oxygens (including phenoxy) is 1. The molecule has 3 nitrogen and oxygen atoms in total. The van der Waals surface area contributed by atoms with E-state index in [0.717, 1.165) is 39.4 Å². The number of morpholine rings is 1.